The first-order valence-electron chi connectivity index (χ1n) is 14.5. The largest absolute Gasteiger partial charge is 0.454 e. The van der Waals surface area contributed by atoms with E-state index in [1.54, 1.807) is 6.07 Å². The molecule has 2 heterocycles. The number of rotatable bonds is 3. The molecule has 3 heteroatoms. The summed E-state index contributed by atoms with van der Waals surface area (Å²) in [6.45, 7) is 15.7. The quantitative estimate of drug-likeness (QED) is 0.203. The predicted octanol–water partition coefficient (Wildman–Crippen LogP) is 10.2. The van der Waals surface area contributed by atoms with E-state index in [0.29, 0.717) is 11.1 Å². The lowest BCUT2D eigenvalue weighted by Crippen LogP contribution is -2.33. The van der Waals surface area contributed by atoms with Crippen LogP contribution in [-0.2, 0) is 18.9 Å². The molecule has 0 bridgehead atoms. The van der Waals surface area contributed by atoms with Gasteiger partial charge in [0.2, 0.25) is 11.2 Å². The first-order chi connectivity index (χ1) is 19.3. The summed E-state index contributed by atoms with van der Waals surface area (Å²) >= 11 is 0. The van der Waals surface area contributed by atoms with Gasteiger partial charge in [0.05, 0.1) is 11.1 Å². The molecule has 0 spiro atoms. The predicted molar refractivity (Wildman–Crippen MR) is 170 cm³/mol. The first kappa shape index (κ1) is 27.2. The van der Waals surface area contributed by atoms with Crippen LogP contribution in [0, 0.1) is 18.2 Å². The van der Waals surface area contributed by atoms with Crippen LogP contribution in [-0.4, -0.2) is 0 Å². The number of hydrogen-bond donors (Lipinski definition) is 0. The summed E-state index contributed by atoms with van der Waals surface area (Å²) in [4.78, 5) is 0. The van der Waals surface area contributed by atoms with Crippen molar-refractivity contribution in [3.05, 3.63) is 101 Å². The van der Waals surface area contributed by atoms with E-state index in [0.717, 1.165) is 45.2 Å². The highest BCUT2D eigenvalue weighted by Gasteiger charge is 2.30. The zero-order valence-electron chi connectivity index (χ0n) is 25.4. The molecule has 0 aliphatic rings. The lowest BCUT2D eigenvalue weighted by atomic mass is 9.81. The number of benzene rings is 4. The number of aromatic nitrogens is 1. The second kappa shape index (κ2) is 9.55. The normalized spacial score (nSPS) is 12.6. The fourth-order valence-electron chi connectivity index (χ4n) is 6.37. The van der Waals surface area contributed by atoms with Gasteiger partial charge in [-0.3, -0.25) is 0 Å². The van der Waals surface area contributed by atoms with Gasteiger partial charge < -0.3 is 4.42 Å². The van der Waals surface area contributed by atoms with Crippen LogP contribution in [0.4, 0.5) is 4.39 Å². The molecule has 0 unspecified atom stereocenters. The average molecular weight is 545 g/mol. The Bertz CT molecular complexity index is 1950. The monoisotopic (exact) mass is 544 g/mol. The van der Waals surface area contributed by atoms with Crippen molar-refractivity contribution in [2.75, 3.05) is 0 Å². The van der Waals surface area contributed by atoms with Gasteiger partial charge in [-0.2, -0.15) is 4.57 Å². The topological polar surface area (TPSA) is 17.0 Å². The third kappa shape index (κ3) is 4.62. The lowest BCUT2D eigenvalue weighted by molar-refractivity contribution is -0.633. The van der Waals surface area contributed by atoms with Crippen molar-refractivity contribution in [3.63, 3.8) is 0 Å². The third-order valence-electron chi connectivity index (χ3n) is 8.19. The van der Waals surface area contributed by atoms with Crippen molar-refractivity contribution in [3.8, 4) is 22.4 Å². The maximum Gasteiger partial charge on any atom is 0.217 e. The molecule has 0 aliphatic carbocycles. The number of furan rings is 1. The van der Waals surface area contributed by atoms with E-state index in [2.05, 4.69) is 96.5 Å². The molecule has 0 atom stereocenters. The van der Waals surface area contributed by atoms with E-state index >= 15 is 4.39 Å². The highest BCUT2D eigenvalue weighted by Crippen LogP contribution is 2.46. The number of para-hydroxylation sites is 1. The molecular formula is C38H39FNO+. The Morgan fingerprint density at radius 2 is 1.44 bits per heavy atom. The molecule has 2 nitrogen and oxygen atoms in total. The molecule has 6 rings (SSSR count). The lowest BCUT2D eigenvalue weighted by Gasteiger charge is -2.23. The Balaban J connectivity index is 1.78. The van der Waals surface area contributed by atoms with E-state index in [1.807, 2.05) is 36.4 Å². The number of fused-ring (bicyclic) bond motifs is 4. The highest BCUT2D eigenvalue weighted by atomic mass is 19.1. The van der Waals surface area contributed by atoms with Gasteiger partial charge >= 0.3 is 0 Å². The van der Waals surface area contributed by atoms with Crippen LogP contribution in [0.3, 0.4) is 0 Å². The van der Waals surface area contributed by atoms with Gasteiger partial charge in [-0.1, -0.05) is 90.1 Å². The minimum atomic E-state index is -0.276. The van der Waals surface area contributed by atoms with Crippen molar-refractivity contribution in [2.45, 2.75) is 60.3 Å². The van der Waals surface area contributed by atoms with Crippen molar-refractivity contribution < 1.29 is 13.4 Å². The Morgan fingerprint density at radius 3 is 2.12 bits per heavy atom. The Morgan fingerprint density at radius 1 is 0.756 bits per heavy atom. The molecule has 0 amide bonds. The van der Waals surface area contributed by atoms with Crippen molar-refractivity contribution >= 4 is 32.8 Å². The number of halogens is 1. The molecule has 0 saturated heterocycles. The molecule has 0 N–H and O–H groups in total. The standard InChI is InChI=1S/C38H39FNO/c1-23-20-28(38(5,6)7)34-27-18-19-29(39)33(24-14-10-9-11-15-24)35(27)41-36(34)32(23)31-21-25(22-37(2,3)4)26-16-12-13-17-30(26)40(31)8/h9-21H,22H2,1-8H3/q+1. The second-order valence-electron chi connectivity index (χ2n) is 13.7. The number of pyridine rings is 1. The highest BCUT2D eigenvalue weighted by molar-refractivity contribution is 6.15. The molecule has 208 valence electrons. The summed E-state index contributed by atoms with van der Waals surface area (Å²) in [5.74, 6) is -0.276. The second-order valence-corrected chi connectivity index (χ2v) is 13.7. The Kier molecular flexibility index (Phi) is 6.33. The van der Waals surface area contributed by atoms with Gasteiger partial charge in [-0.25, -0.2) is 4.39 Å². The first-order valence-corrected chi connectivity index (χ1v) is 14.5. The minimum Gasteiger partial charge on any atom is -0.454 e. The minimum absolute atomic E-state index is 0.127. The van der Waals surface area contributed by atoms with Crippen LogP contribution < -0.4 is 4.57 Å². The van der Waals surface area contributed by atoms with Crippen LogP contribution in [0.25, 0.3) is 55.2 Å². The average Bonchev–Trinajstić information content (AvgIpc) is 3.28. The maximum atomic E-state index is 15.6. The smallest absolute Gasteiger partial charge is 0.217 e. The maximum absolute atomic E-state index is 15.6. The van der Waals surface area contributed by atoms with Crippen LogP contribution in [0.1, 0.15) is 58.2 Å². The molecule has 4 aromatic carbocycles. The molecular weight excluding hydrogens is 505 g/mol. The van der Waals surface area contributed by atoms with Gasteiger partial charge in [0.25, 0.3) is 0 Å². The number of nitrogens with zero attached hydrogens (tertiary/aromatic N) is 1. The summed E-state index contributed by atoms with van der Waals surface area (Å²) in [7, 11) is 2.14. The van der Waals surface area contributed by atoms with Crippen molar-refractivity contribution in [2.24, 2.45) is 12.5 Å². The van der Waals surface area contributed by atoms with Crippen LogP contribution in [0.15, 0.2) is 83.3 Å². The molecule has 0 saturated carbocycles. The van der Waals surface area contributed by atoms with E-state index in [4.69, 9.17) is 4.42 Å². The van der Waals surface area contributed by atoms with Gasteiger partial charge in [0.1, 0.15) is 24.0 Å². The summed E-state index contributed by atoms with van der Waals surface area (Å²) in [5, 5.41) is 3.28. The zero-order valence-corrected chi connectivity index (χ0v) is 25.4. The third-order valence-corrected chi connectivity index (χ3v) is 8.19. The van der Waals surface area contributed by atoms with Gasteiger partial charge in [-0.15, -0.1) is 0 Å². The van der Waals surface area contributed by atoms with Crippen molar-refractivity contribution in [1.29, 1.82) is 0 Å². The van der Waals surface area contributed by atoms with Crippen LogP contribution in [0.5, 0.6) is 0 Å². The van der Waals surface area contributed by atoms with E-state index in [9.17, 15) is 0 Å². The van der Waals surface area contributed by atoms with E-state index in [1.165, 1.54) is 22.0 Å². The summed E-state index contributed by atoms with van der Waals surface area (Å²) in [5.41, 5.74) is 9.76. The summed E-state index contributed by atoms with van der Waals surface area (Å²) in [6, 6.07) is 26.5. The SMILES string of the molecule is Cc1cc(C(C)(C)C)c2c(oc3c(-c4ccccc4)c(F)ccc32)c1-c1cc(CC(C)(C)C)c2ccccc2[n+]1C. The van der Waals surface area contributed by atoms with E-state index < -0.39 is 0 Å². The Hall–Kier alpha value is -3.98. The molecule has 0 fully saturated rings. The van der Waals surface area contributed by atoms with Crippen molar-refractivity contribution in [1.82, 2.24) is 0 Å². The fraction of sp³-hybridized carbons (Fsp3) is 0.289. The molecule has 6 aromatic rings. The van der Waals surface area contributed by atoms with Crippen LogP contribution in [0.2, 0.25) is 0 Å². The fourth-order valence-corrected chi connectivity index (χ4v) is 6.37. The number of aryl methyl sites for hydroxylation is 2. The number of hydrogen-bond acceptors (Lipinski definition) is 1. The molecule has 0 aliphatic heterocycles. The van der Waals surface area contributed by atoms with Gasteiger partial charge in [0.15, 0.2) is 0 Å². The van der Waals surface area contributed by atoms with Gasteiger partial charge in [0, 0.05) is 28.3 Å². The molecule has 2 aromatic heterocycles. The Labute approximate surface area is 242 Å². The summed E-state index contributed by atoms with van der Waals surface area (Å²) < 4.78 is 24.7. The van der Waals surface area contributed by atoms with E-state index in [-0.39, 0.29) is 16.6 Å². The summed E-state index contributed by atoms with van der Waals surface area (Å²) in [6.07, 6.45) is 0.952. The van der Waals surface area contributed by atoms with Gasteiger partial charge in [-0.05, 0) is 64.6 Å². The van der Waals surface area contributed by atoms with Crippen LogP contribution >= 0.6 is 0 Å². The zero-order chi connectivity index (χ0) is 29.3. The molecule has 0 radical (unpaired) electrons. The molecule has 41 heavy (non-hydrogen) atoms.